The largest absolute Gasteiger partial charge is 0.322 e. The Morgan fingerprint density at radius 3 is 2.45 bits per heavy atom. The quantitative estimate of drug-likeness (QED) is 0.647. The van der Waals surface area contributed by atoms with Crippen molar-refractivity contribution in [2.75, 3.05) is 18.4 Å². The van der Waals surface area contributed by atoms with Crippen LogP contribution < -0.4 is 10.6 Å². The minimum atomic E-state index is -0.0973. The third-order valence-electron chi connectivity index (χ3n) is 5.40. The van der Waals surface area contributed by atoms with Crippen LogP contribution in [-0.4, -0.2) is 28.8 Å². The van der Waals surface area contributed by atoms with Crippen molar-refractivity contribution >= 4 is 24.0 Å². The summed E-state index contributed by atoms with van der Waals surface area (Å²) in [4.78, 5) is 13.1. The number of nitrogens with zero attached hydrogens (tertiary/aromatic N) is 2. The van der Waals surface area contributed by atoms with Gasteiger partial charge in [-0.05, 0) is 62.2 Å². The Hall–Kier alpha value is -2.63. The van der Waals surface area contributed by atoms with Gasteiger partial charge in [-0.25, -0.2) is 4.68 Å². The van der Waals surface area contributed by atoms with Gasteiger partial charge in [-0.1, -0.05) is 37.3 Å². The number of hydrogen-bond donors (Lipinski definition) is 2. The molecule has 0 bridgehead atoms. The average Bonchev–Trinajstić information content (AvgIpc) is 3.21. The zero-order valence-corrected chi connectivity index (χ0v) is 17.4. The summed E-state index contributed by atoms with van der Waals surface area (Å²) in [6.45, 7) is 4.05. The molecule has 4 rings (SSSR count). The number of hydrogen-bond acceptors (Lipinski definition) is 3. The minimum absolute atomic E-state index is 0. The highest BCUT2D eigenvalue weighted by molar-refractivity contribution is 6.05. The van der Waals surface area contributed by atoms with Crippen molar-refractivity contribution in [3.05, 3.63) is 77.6 Å². The van der Waals surface area contributed by atoms with E-state index in [9.17, 15) is 4.79 Å². The van der Waals surface area contributed by atoms with Crippen LogP contribution in [0.3, 0.4) is 0 Å². The van der Waals surface area contributed by atoms with E-state index in [4.69, 9.17) is 0 Å². The smallest absolute Gasteiger partial charge is 0.259 e. The number of piperidine rings is 1. The third kappa shape index (κ3) is 4.69. The van der Waals surface area contributed by atoms with Crippen molar-refractivity contribution in [1.29, 1.82) is 0 Å². The molecule has 0 spiro atoms. The predicted octanol–water partition coefficient (Wildman–Crippen LogP) is 4.58. The monoisotopic (exact) mass is 410 g/mol. The highest BCUT2D eigenvalue weighted by Gasteiger charge is 2.27. The second-order valence-electron chi connectivity index (χ2n) is 7.22. The van der Waals surface area contributed by atoms with Gasteiger partial charge in [0, 0.05) is 11.6 Å². The van der Waals surface area contributed by atoms with Crippen LogP contribution in [0.2, 0.25) is 0 Å². The maximum atomic E-state index is 13.1. The third-order valence-corrected chi connectivity index (χ3v) is 5.40. The first kappa shape index (κ1) is 21.1. The van der Waals surface area contributed by atoms with E-state index in [0.717, 1.165) is 49.4 Å². The summed E-state index contributed by atoms with van der Waals surface area (Å²) in [7, 11) is 0. The van der Waals surface area contributed by atoms with Crippen molar-refractivity contribution in [1.82, 2.24) is 15.1 Å². The topological polar surface area (TPSA) is 59.0 Å². The van der Waals surface area contributed by atoms with E-state index in [1.807, 2.05) is 47.1 Å². The molecule has 3 aromatic rings. The number of aryl methyl sites for hydroxylation is 1. The van der Waals surface area contributed by atoms with Crippen LogP contribution in [0.25, 0.3) is 5.69 Å². The molecule has 1 saturated heterocycles. The summed E-state index contributed by atoms with van der Waals surface area (Å²) in [5.41, 5.74) is 4.73. The Kier molecular flexibility index (Phi) is 7.07. The molecule has 0 saturated carbocycles. The summed E-state index contributed by atoms with van der Waals surface area (Å²) >= 11 is 0. The molecule has 0 aliphatic carbocycles. The molecule has 1 aliphatic heterocycles. The van der Waals surface area contributed by atoms with E-state index in [1.54, 1.807) is 6.20 Å². The van der Waals surface area contributed by atoms with Crippen LogP contribution in [0.1, 0.15) is 47.3 Å². The van der Waals surface area contributed by atoms with Gasteiger partial charge in [-0.3, -0.25) is 4.79 Å². The minimum Gasteiger partial charge on any atom is -0.322 e. The lowest BCUT2D eigenvalue weighted by molar-refractivity contribution is 0.102. The number of nitrogens with one attached hydrogen (secondary N) is 2. The number of carbonyl (C=O) groups excluding carboxylic acids is 1. The van der Waals surface area contributed by atoms with Crippen LogP contribution >= 0.6 is 12.4 Å². The van der Waals surface area contributed by atoms with Crippen molar-refractivity contribution in [3.63, 3.8) is 0 Å². The standard InChI is InChI=1S/C23H26N4O.ClH/c1-2-17-8-10-19(11-9-17)26-23(28)21-16-25-27(20-6-4-3-5-7-20)22(21)18-12-14-24-15-13-18;/h3-11,16,18,24H,2,12-15H2,1H3,(H,26,28);1H. The zero-order valence-electron chi connectivity index (χ0n) is 16.6. The molecule has 0 radical (unpaired) electrons. The van der Waals surface area contributed by atoms with Gasteiger partial charge in [0.2, 0.25) is 0 Å². The summed E-state index contributed by atoms with van der Waals surface area (Å²) < 4.78 is 1.94. The van der Waals surface area contributed by atoms with Gasteiger partial charge in [0.05, 0.1) is 23.1 Å². The van der Waals surface area contributed by atoms with Gasteiger partial charge in [-0.15, -0.1) is 12.4 Å². The van der Waals surface area contributed by atoms with Crippen molar-refractivity contribution in [2.45, 2.75) is 32.1 Å². The molecule has 1 aromatic heterocycles. The molecular formula is C23H27ClN4O. The van der Waals surface area contributed by atoms with Crippen LogP contribution in [-0.2, 0) is 6.42 Å². The van der Waals surface area contributed by atoms with E-state index >= 15 is 0 Å². The molecule has 2 heterocycles. The first-order valence-corrected chi connectivity index (χ1v) is 10.0. The van der Waals surface area contributed by atoms with E-state index < -0.39 is 0 Å². The molecule has 0 unspecified atom stereocenters. The Morgan fingerprint density at radius 2 is 1.79 bits per heavy atom. The molecule has 29 heavy (non-hydrogen) atoms. The molecule has 1 fully saturated rings. The Balaban J connectivity index is 0.00000240. The summed E-state index contributed by atoms with van der Waals surface area (Å²) in [5, 5.41) is 11.0. The summed E-state index contributed by atoms with van der Waals surface area (Å²) in [6, 6.07) is 18.1. The number of halogens is 1. The molecule has 2 N–H and O–H groups in total. The number of rotatable bonds is 5. The summed E-state index contributed by atoms with van der Waals surface area (Å²) in [5.74, 6) is 0.215. The number of benzene rings is 2. The van der Waals surface area contributed by atoms with Crippen molar-refractivity contribution < 1.29 is 4.79 Å². The highest BCUT2D eigenvalue weighted by Crippen LogP contribution is 2.30. The van der Waals surface area contributed by atoms with E-state index in [1.165, 1.54) is 5.56 Å². The average molecular weight is 411 g/mol. The lowest BCUT2D eigenvalue weighted by Gasteiger charge is -2.24. The van der Waals surface area contributed by atoms with Crippen molar-refractivity contribution in [3.8, 4) is 5.69 Å². The maximum absolute atomic E-state index is 13.1. The fraction of sp³-hybridized carbons (Fsp3) is 0.304. The normalized spacial score (nSPS) is 14.2. The van der Waals surface area contributed by atoms with Crippen LogP contribution in [0.15, 0.2) is 60.8 Å². The van der Waals surface area contributed by atoms with Gasteiger partial charge < -0.3 is 10.6 Å². The lowest BCUT2D eigenvalue weighted by atomic mass is 9.91. The zero-order chi connectivity index (χ0) is 19.3. The Labute approximate surface area is 177 Å². The van der Waals surface area contributed by atoms with Gasteiger partial charge in [0.1, 0.15) is 0 Å². The molecule has 1 aliphatic rings. The molecular weight excluding hydrogens is 384 g/mol. The molecule has 5 nitrogen and oxygen atoms in total. The number of carbonyl (C=O) groups is 1. The second kappa shape index (κ2) is 9.72. The van der Waals surface area contributed by atoms with E-state index in [0.29, 0.717) is 11.5 Å². The Morgan fingerprint density at radius 1 is 1.10 bits per heavy atom. The maximum Gasteiger partial charge on any atom is 0.259 e. The van der Waals surface area contributed by atoms with Gasteiger partial charge in [-0.2, -0.15) is 5.10 Å². The van der Waals surface area contributed by atoms with Gasteiger partial charge >= 0.3 is 0 Å². The first-order valence-electron chi connectivity index (χ1n) is 10.0. The molecule has 6 heteroatoms. The molecule has 2 aromatic carbocycles. The highest BCUT2D eigenvalue weighted by atomic mass is 35.5. The fourth-order valence-corrected chi connectivity index (χ4v) is 3.82. The van der Waals surface area contributed by atoms with Gasteiger partial charge in [0.25, 0.3) is 5.91 Å². The predicted molar refractivity (Wildman–Crippen MR) is 119 cm³/mol. The summed E-state index contributed by atoms with van der Waals surface area (Å²) in [6.07, 6.45) is 4.70. The number of aromatic nitrogens is 2. The van der Waals surface area contributed by atoms with E-state index in [2.05, 4.69) is 34.8 Å². The number of anilines is 1. The fourth-order valence-electron chi connectivity index (χ4n) is 3.82. The van der Waals surface area contributed by atoms with Gasteiger partial charge in [0.15, 0.2) is 0 Å². The Bertz CT molecular complexity index is 931. The SMILES string of the molecule is CCc1ccc(NC(=O)c2cnn(-c3ccccc3)c2C2CCNCC2)cc1.Cl. The molecule has 152 valence electrons. The van der Waals surface area contributed by atoms with E-state index in [-0.39, 0.29) is 18.3 Å². The van der Waals surface area contributed by atoms with Crippen LogP contribution in [0.4, 0.5) is 5.69 Å². The second-order valence-corrected chi connectivity index (χ2v) is 7.22. The number of amides is 1. The first-order chi connectivity index (χ1) is 13.8. The molecule has 1 amide bonds. The number of para-hydroxylation sites is 1. The molecule has 0 atom stereocenters. The van der Waals surface area contributed by atoms with Crippen LogP contribution in [0.5, 0.6) is 0 Å². The van der Waals surface area contributed by atoms with Crippen LogP contribution in [0, 0.1) is 0 Å². The lowest BCUT2D eigenvalue weighted by Crippen LogP contribution is -2.29. The van der Waals surface area contributed by atoms with Crippen molar-refractivity contribution in [2.24, 2.45) is 0 Å².